The van der Waals surface area contributed by atoms with E-state index < -0.39 is 4.92 Å². The van der Waals surface area contributed by atoms with Gasteiger partial charge in [0.25, 0.3) is 0 Å². The van der Waals surface area contributed by atoms with Crippen molar-refractivity contribution in [3.05, 3.63) is 46.0 Å². The summed E-state index contributed by atoms with van der Waals surface area (Å²) in [4.78, 5) is 15.3. The average molecular weight is 443 g/mol. The Labute approximate surface area is 184 Å². The Bertz CT molecular complexity index is 1080. The molecule has 1 saturated heterocycles. The summed E-state index contributed by atoms with van der Waals surface area (Å²) < 4.78 is 21.1. The van der Waals surface area contributed by atoms with Gasteiger partial charge >= 0.3 is 5.69 Å². The Morgan fingerprint density at radius 1 is 1.09 bits per heavy atom. The van der Waals surface area contributed by atoms with Gasteiger partial charge in [-0.25, -0.2) is 4.63 Å². The minimum absolute atomic E-state index is 0.135. The molecule has 4 rings (SSSR count). The fourth-order valence-electron chi connectivity index (χ4n) is 3.81. The number of non-ortho nitro benzene ring substituents is 1. The van der Waals surface area contributed by atoms with Crippen LogP contribution in [0.1, 0.15) is 5.56 Å². The highest BCUT2D eigenvalue weighted by Gasteiger charge is 2.23. The SMILES string of the molecule is COc1ccc(CN(CCN2CCOCC2)c2ccc([N+](=O)[O-])c3nonc23)cc1OC. The quantitative estimate of drug-likeness (QED) is 0.361. The summed E-state index contributed by atoms with van der Waals surface area (Å²) >= 11 is 0. The first-order chi connectivity index (χ1) is 15.6. The first-order valence-corrected chi connectivity index (χ1v) is 10.3. The van der Waals surface area contributed by atoms with E-state index in [1.54, 1.807) is 20.3 Å². The fraction of sp³-hybridized carbons (Fsp3) is 0.429. The highest BCUT2D eigenvalue weighted by Crippen LogP contribution is 2.33. The summed E-state index contributed by atoms with van der Waals surface area (Å²) in [5.41, 5.74) is 2.07. The number of aromatic nitrogens is 2. The molecule has 0 atom stereocenters. The van der Waals surface area contributed by atoms with Gasteiger partial charge in [0.15, 0.2) is 17.0 Å². The number of nitro groups is 1. The normalized spacial score (nSPS) is 14.4. The molecule has 0 bridgehead atoms. The maximum Gasteiger partial charge on any atom is 0.300 e. The topological polar surface area (TPSA) is 116 Å². The molecule has 170 valence electrons. The Morgan fingerprint density at radius 2 is 1.84 bits per heavy atom. The molecule has 11 nitrogen and oxygen atoms in total. The van der Waals surface area contributed by atoms with Gasteiger partial charge in [-0.3, -0.25) is 15.0 Å². The minimum Gasteiger partial charge on any atom is -0.493 e. The lowest BCUT2D eigenvalue weighted by molar-refractivity contribution is -0.383. The summed E-state index contributed by atoms with van der Waals surface area (Å²) in [6.45, 7) is 5.17. The van der Waals surface area contributed by atoms with E-state index in [2.05, 4.69) is 20.1 Å². The number of fused-ring (bicyclic) bond motifs is 1. The van der Waals surface area contributed by atoms with E-state index in [0.717, 1.165) is 30.9 Å². The van der Waals surface area contributed by atoms with Crippen LogP contribution in [0.25, 0.3) is 11.0 Å². The molecule has 1 aliphatic heterocycles. The molecular formula is C21H25N5O6. The van der Waals surface area contributed by atoms with Gasteiger partial charge in [0, 0.05) is 38.8 Å². The highest BCUT2D eigenvalue weighted by molar-refractivity contribution is 5.93. The lowest BCUT2D eigenvalue weighted by atomic mass is 10.1. The number of benzene rings is 2. The molecule has 0 radical (unpaired) electrons. The Kier molecular flexibility index (Phi) is 6.66. The molecule has 3 aromatic rings. The number of nitro benzene ring substituents is 1. The van der Waals surface area contributed by atoms with E-state index in [9.17, 15) is 10.1 Å². The molecule has 1 aromatic heterocycles. The number of nitrogens with zero attached hydrogens (tertiary/aromatic N) is 5. The highest BCUT2D eigenvalue weighted by atomic mass is 16.6. The predicted octanol–water partition coefficient (Wildman–Crippen LogP) is 2.49. The second-order valence-corrected chi connectivity index (χ2v) is 7.39. The van der Waals surface area contributed by atoms with Crippen LogP contribution in [-0.2, 0) is 11.3 Å². The fourth-order valence-corrected chi connectivity index (χ4v) is 3.81. The minimum atomic E-state index is -0.483. The summed E-state index contributed by atoms with van der Waals surface area (Å²) in [6, 6.07) is 8.89. The molecule has 2 aromatic carbocycles. The van der Waals surface area contributed by atoms with E-state index in [4.69, 9.17) is 18.8 Å². The molecule has 0 unspecified atom stereocenters. The van der Waals surface area contributed by atoms with E-state index >= 15 is 0 Å². The molecule has 32 heavy (non-hydrogen) atoms. The van der Waals surface area contributed by atoms with E-state index in [0.29, 0.717) is 43.3 Å². The number of hydrogen-bond acceptors (Lipinski definition) is 10. The van der Waals surface area contributed by atoms with Crippen molar-refractivity contribution >= 4 is 22.4 Å². The zero-order chi connectivity index (χ0) is 22.5. The van der Waals surface area contributed by atoms with Gasteiger partial charge in [-0.15, -0.1) is 0 Å². The number of ether oxygens (including phenoxy) is 3. The van der Waals surface area contributed by atoms with Crippen molar-refractivity contribution in [2.45, 2.75) is 6.54 Å². The van der Waals surface area contributed by atoms with Gasteiger partial charge in [-0.05, 0) is 34.1 Å². The zero-order valence-corrected chi connectivity index (χ0v) is 18.0. The maximum atomic E-state index is 11.4. The van der Waals surface area contributed by atoms with E-state index in [1.807, 2.05) is 18.2 Å². The van der Waals surface area contributed by atoms with Gasteiger partial charge in [-0.1, -0.05) is 6.07 Å². The van der Waals surface area contributed by atoms with Gasteiger partial charge in [0.05, 0.1) is 38.0 Å². The van der Waals surface area contributed by atoms with Crippen molar-refractivity contribution in [1.29, 1.82) is 0 Å². The number of morpholine rings is 1. The molecule has 11 heteroatoms. The third-order valence-corrected chi connectivity index (χ3v) is 5.52. The lowest BCUT2D eigenvalue weighted by Crippen LogP contribution is -2.41. The molecule has 0 N–H and O–H groups in total. The average Bonchev–Trinajstić information content (AvgIpc) is 3.31. The molecule has 0 amide bonds. The number of hydrogen-bond donors (Lipinski definition) is 0. The van der Waals surface area contributed by atoms with Crippen LogP contribution in [0.3, 0.4) is 0 Å². The third-order valence-electron chi connectivity index (χ3n) is 5.52. The molecule has 0 aliphatic carbocycles. The number of rotatable bonds is 9. The summed E-state index contributed by atoms with van der Waals surface area (Å²) in [5.74, 6) is 1.28. The second-order valence-electron chi connectivity index (χ2n) is 7.39. The van der Waals surface area contributed by atoms with Crippen LogP contribution in [0.5, 0.6) is 11.5 Å². The molecule has 0 saturated carbocycles. The van der Waals surface area contributed by atoms with Crippen LogP contribution in [0, 0.1) is 10.1 Å². The largest absolute Gasteiger partial charge is 0.493 e. The maximum absolute atomic E-state index is 11.4. The van der Waals surface area contributed by atoms with E-state index in [-0.39, 0.29) is 11.2 Å². The van der Waals surface area contributed by atoms with Crippen LogP contribution < -0.4 is 14.4 Å². The molecule has 2 heterocycles. The smallest absolute Gasteiger partial charge is 0.300 e. The molecular weight excluding hydrogens is 418 g/mol. The number of methoxy groups -OCH3 is 2. The number of anilines is 1. The first-order valence-electron chi connectivity index (χ1n) is 10.3. The van der Waals surface area contributed by atoms with Crippen molar-refractivity contribution < 1.29 is 23.8 Å². The van der Waals surface area contributed by atoms with Crippen LogP contribution >= 0.6 is 0 Å². The van der Waals surface area contributed by atoms with Crippen LogP contribution in [0.4, 0.5) is 11.4 Å². The molecule has 1 fully saturated rings. The summed E-state index contributed by atoms with van der Waals surface area (Å²) in [6.07, 6.45) is 0. The summed E-state index contributed by atoms with van der Waals surface area (Å²) in [7, 11) is 3.19. The monoisotopic (exact) mass is 443 g/mol. The van der Waals surface area contributed by atoms with Crippen molar-refractivity contribution in [3.63, 3.8) is 0 Å². The molecule has 1 aliphatic rings. The van der Waals surface area contributed by atoms with Gasteiger partial charge in [0.2, 0.25) is 5.52 Å². The van der Waals surface area contributed by atoms with Gasteiger partial charge in [-0.2, -0.15) is 0 Å². The van der Waals surface area contributed by atoms with Gasteiger partial charge < -0.3 is 19.1 Å². The molecule has 0 spiro atoms. The van der Waals surface area contributed by atoms with Crippen molar-refractivity contribution in [1.82, 2.24) is 15.2 Å². The van der Waals surface area contributed by atoms with Gasteiger partial charge in [0.1, 0.15) is 0 Å². The first kappa shape index (κ1) is 21.8. The summed E-state index contributed by atoms with van der Waals surface area (Å²) in [5, 5.41) is 19.1. The van der Waals surface area contributed by atoms with Crippen molar-refractivity contribution in [2.75, 3.05) is 58.5 Å². The Morgan fingerprint density at radius 3 is 2.56 bits per heavy atom. The Balaban J connectivity index is 1.66. The zero-order valence-electron chi connectivity index (χ0n) is 18.0. The second kappa shape index (κ2) is 9.79. The van der Waals surface area contributed by atoms with E-state index in [1.165, 1.54) is 6.07 Å². The standard InChI is InChI=1S/C21H25N5O6/c1-29-18-6-3-15(13-19(18)30-2)14-25(8-7-24-9-11-31-12-10-24)16-4-5-17(26(27)28)21-20(16)22-32-23-21/h3-6,13H,7-12,14H2,1-2H3. The van der Waals surface area contributed by atoms with Crippen molar-refractivity contribution in [2.24, 2.45) is 0 Å². The van der Waals surface area contributed by atoms with Crippen LogP contribution in [0.15, 0.2) is 35.0 Å². The van der Waals surface area contributed by atoms with Crippen molar-refractivity contribution in [3.8, 4) is 11.5 Å². The Hall–Kier alpha value is -3.44. The lowest BCUT2D eigenvalue weighted by Gasteiger charge is -2.31. The third kappa shape index (κ3) is 4.58. The van der Waals surface area contributed by atoms with Crippen LogP contribution in [-0.4, -0.2) is 73.7 Å². The predicted molar refractivity (Wildman–Crippen MR) is 116 cm³/mol. The van der Waals surface area contributed by atoms with Crippen LogP contribution in [0.2, 0.25) is 0 Å².